The standard InChI is InChI=1S/C25H18F3N3O2/c1-32-23-13-16(11-18(14-29)24-30-20-7-2-3-8-21(20)31-24)9-10-22(23)33-15-17-5-4-6-19(12-17)25(26,27)28/h2-13H,15H2,1H3,(H,30,31). The van der Waals surface area contributed by atoms with Crippen LogP contribution in [0.2, 0.25) is 0 Å². The van der Waals surface area contributed by atoms with Crippen molar-refractivity contribution >= 4 is 22.7 Å². The zero-order valence-electron chi connectivity index (χ0n) is 17.5. The number of benzene rings is 3. The van der Waals surface area contributed by atoms with E-state index in [1.165, 1.54) is 13.2 Å². The minimum absolute atomic E-state index is 0.0576. The van der Waals surface area contributed by atoms with E-state index < -0.39 is 11.7 Å². The molecule has 1 aromatic heterocycles. The summed E-state index contributed by atoms with van der Waals surface area (Å²) >= 11 is 0. The lowest BCUT2D eigenvalue weighted by molar-refractivity contribution is -0.137. The van der Waals surface area contributed by atoms with Crippen molar-refractivity contribution in [3.63, 3.8) is 0 Å². The van der Waals surface area contributed by atoms with Gasteiger partial charge in [-0.15, -0.1) is 0 Å². The average Bonchev–Trinajstić information content (AvgIpc) is 3.25. The molecule has 0 bridgehead atoms. The number of aromatic nitrogens is 2. The summed E-state index contributed by atoms with van der Waals surface area (Å²) in [6.45, 7) is -0.0576. The fraction of sp³-hybridized carbons (Fsp3) is 0.120. The Balaban J connectivity index is 1.56. The zero-order valence-corrected chi connectivity index (χ0v) is 17.5. The number of ether oxygens (including phenoxy) is 2. The first kappa shape index (κ1) is 22.0. The van der Waals surface area contributed by atoms with Crippen LogP contribution in [0.3, 0.4) is 0 Å². The van der Waals surface area contributed by atoms with Gasteiger partial charge in [0.1, 0.15) is 18.5 Å². The summed E-state index contributed by atoms with van der Waals surface area (Å²) in [4.78, 5) is 7.57. The number of halogens is 3. The van der Waals surface area contributed by atoms with Crippen LogP contribution in [0.15, 0.2) is 66.7 Å². The Hall–Kier alpha value is -4.25. The van der Waals surface area contributed by atoms with Gasteiger partial charge in [-0.25, -0.2) is 4.98 Å². The second kappa shape index (κ2) is 9.09. The van der Waals surface area contributed by atoms with Crippen LogP contribution in [0.5, 0.6) is 11.5 Å². The molecule has 1 N–H and O–H groups in total. The number of nitriles is 1. The van der Waals surface area contributed by atoms with Gasteiger partial charge in [-0.1, -0.05) is 30.3 Å². The molecule has 0 aliphatic rings. The summed E-state index contributed by atoms with van der Waals surface area (Å²) < 4.78 is 49.8. The molecule has 0 spiro atoms. The highest BCUT2D eigenvalue weighted by atomic mass is 19.4. The van der Waals surface area contributed by atoms with Crippen LogP contribution in [0.25, 0.3) is 22.7 Å². The number of nitrogens with one attached hydrogen (secondary N) is 1. The third-order valence-electron chi connectivity index (χ3n) is 4.91. The van der Waals surface area contributed by atoms with Crippen LogP contribution in [0.4, 0.5) is 13.2 Å². The van der Waals surface area contributed by atoms with Gasteiger partial charge in [-0.2, -0.15) is 18.4 Å². The molecule has 33 heavy (non-hydrogen) atoms. The third kappa shape index (κ3) is 4.99. The minimum Gasteiger partial charge on any atom is -0.493 e. The Morgan fingerprint density at radius 3 is 2.61 bits per heavy atom. The van der Waals surface area contributed by atoms with Gasteiger partial charge in [-0.3, -0.25) is 0 Å². The quantitative estimate of drug-likeness (QED) is 0.354. The first-order valence-corrected chi connectivity index (χ1v) is 9.91. The van der Waals surface area contributed by atoms with Crippen LogP contribution < -0.4 is 9.47 Å². The average molecular weight is 449 g/mol. The molecular formula is C25H18F3N3O2. The monoisotopic (exact) mass is 449 g/mol. The topological polar surface area (TPSA) is 70.9 Å². The molecule has 4 rings (SSSR count). The Morgan fingerprint density at radius 2 is 1.88 bits per heavy atom. The van der Waals surface area contributed by atoms with Crippen molar-refractivity contribution in [1.29, 1.82) is 5.26 Å². The predicted octanol–water partition coefficient (Wildman–Crippen LogP) is 6.23. The molecule has 0 aliphatic heterocycles. The molecule has 5 nitrogen and oxygen atoms in total. The molecule has 0 amide bonds. The Labute approximate surface area is 187 Å². The van der Waals surface area contributed by atoms with Gasteiger partial charge in [0.05, 0.1) is 29.3 Å². The van der Waals surface area contributed by atoms with E-state index in [0.29, 0.717) is 34.0 Å². The largest absolute Gasteiger partial charge is 0.493 e. The number of hydrogen-bond donors (Lipinski definition) is 1. The summed E-state index contributed by atoms with van der Waals surface area (Å²) in [6, 6.07) is 19.6. The van der Waals surface area contributed by atoms with Gasteiger partial charge >= 0.3 is 6.18 Å². The smallest absolute Gasteiger partial charge is 0.416 e. The highest BCUT2D eigenvalue weighted by Gasteiger charge is 2.30. The number of allylic oxidation sites excluding steroid dienone is 1. The SMILES string of the molecule is COc1cc(C=C(C#N)c2nc3ccccc3[nH]2)ccc1OCc1cccc(C(F)(F)F)c1. The summed E-state index contributed by atoms with van der Waals surface area (Å²) in [6.07, 6.45) is -2.75. The normalized spacial score (nSPS) is 11.9. The highest BCUT2D eigenvalue weighted by molar-refractivity contribution is 5.90. The molecule has 4 aromatic rings. The van der Waals surface area contributed by atoms with Gasteiger partial charge in [0.2, 0.25) is 0 Å². The van der Waals surface area contributed by atoms with Crippen LogP contribution >= 0.6 is 0 Å². The molecule has 0 radical (unpaired) electrons. The molecule has 0 fully saturated rings. The molecule has 0 aliphatic carbocycles. The van der Waals surface area contributed by atoms with Gasteiger partial charge in [0, 0.05) is 0 Å². The first-order valence-electron chi connectivity index (χ1n) is 9.91. The van der Waals surface area contributed by atoms with Gasteiger partial charge in [-0.05, 0) is 53.6 Å². The predicted molar refractivity (Wildman–Crippen MR) is 118 cm³/mol. The molecule has 0 saturated carbocycles. The molecule has 0 atom stereocenters. The van der Waals surface area contributed by atoms with Crippen molar-refractivity contribution in [3.05, 3.63) is 89.2 Å². The minimum atomic E-state index is -4.42. The second-order valence-electron chi connectivity index (χ2n) is 7.17. The molecular weight excluding hydrogens is 431 g/mol. The van der Waals surface area contributed by atoms with Crippen LogP contribution in [0.1, 0.15) is 22.5 Å². The summed E-state index contributed by atoms with van der Waals surface area (Å²) in [5.74, 6) is 1.20. The molecule has 0 unspecified atom stereocenters. The van der Waals surface area contributed by atoms with Crippen molar-refractivity contribution in [2.24, 2.45) is 0 Å². The maximum Gasteiger partial charge on any atom is 0.416 e. The Kier molecular flexibility index (Phi) is 6.05. The summed E-state index contributed by atoms with van der Waals surface area (Å²) in [5.41, 5.74) is 2.24. The van der Waals surface area contributed by atoms with Crippen molar-refractivity contribution in [1.82, 2.24) is 9.97 Å². The number of fused-ring (bicyclic) bond motifs is 1. The maximum absolute atomic E-state index is 12.9. The maximum atomic E-state index is 12.9. The van der Waals surface area contributed by atoms with E-state index in [4.69, 9.17) is 9.47 Å². The van der Waals surface area contributed by atoms with E-state index in [-0.39, 0.29) is 6.61 Å². The summed E-state index contributed by atoms with van der Waals surface area (Å²) in [7, 11) is 1.46. The first-order chi connectivity index (χ1) is 15.9. The third-order valence-corrected chi connectivity index (χ3v) is 4.91. The number of methoxy groups -OCH3 is 1. The molecule has 3 aromatic carbocycles. The second-order valence-corrected chi connectivity index (χ2v) is 7.17. The van der Waals surface area contributed by atoms with Crippen molar-refractivity contribution in [2.45, 2.75) is 12.8 Å². The van der Waals surface area contributed by atoms with E-state index in [0.717, 1.165) is 23.2 Å². The number of aromatic amines is 1. The van der Waals surface area contributed by atoms with Gasteiger partial charge in [0.15, 0.2) is 11.5 Å². The number of para-hydroxylation sites is 2. The van der Waals surface area contributed by atoms with Gasteiger partial charge in [0.25, 0.3) is 0 Å². The molecule has 166 valence electrons. The number of nitrogens with zero attached hydrogens (tertiary/aromatic N) is 2. The lowest BCUT2D eigenvalue weighted by atomic mass is 10.1. The van der Waals surface area contributed by atoms with E-state index in [1.807, 2.05) is 24.3 Å². The van der Waals surface area contributed by atoms with Crippen LogP contribution in [-0.2, 0) is 12.8 Å². The zero-order chi connectivity index (χ0) is 23.4. The fourth-order valence-corrected chi connectivity index (χ4v) is 3.29. The van der Waals surface area contributed by atoms with Crippen LogP contribution in [-0.4, -0.2) is 17.1 Å². The Bertz CT molecular complexity index is 1330. The molecule has 8 heteroatoms. The van der Waals surface area contributed by atoms with Crippen molar-refractivity contribution < 1.29 is 22.6 Å². The number of imidazole rings is 1. The highest BCUT2D eigenvalue weighted by Crippen LogP contribution is 2.32. The number of hydrogen-bond acceptors (Lipinski definition) is 4. The van der Waals surface area contributed by atoms with E-state index in [2.05, 4.69) is 16.0 Å². The lowest BCUT2D eigenvalue weighted by Gasteiger charge is -2.13. The fourth-order valence-electron chi connectivity index (χ4n) is 3.29. The number of rotatable bonds is 6. The summed E-state index contributed by atoms with van der Waals surface area (Å²) in [5, 5.41) is 9.62. The van der Waals surface area contributed by atoms with Crippen molar-refractivity contribution in [3.8, 4) is 17.6 Å². The Morgan fingerprint density at radius 1 is 1.06 bits per heavy atom. The van der Waals surface area contributed by atoms with E-state index in [9.17, 15) is 18.4 Å². The van der Waals surface area contributed by atoms with Gasteiger partial charge < -0.3 is 14.5 Å². The lowest BCUT2D eigenvalue weighted by Crippen LogP contribution is -2.06. The van der Waals surface area contributed by atoms with Crippen molar-refractivity contribution in [2.75, 3.05) is 7.11 Å². The number of alkyl halides is 3. The van der Waals surface area contributed by atoms with E-state index in [1.54, 1.807) is 30.3 Å². The number of H-pyrrole nitrogens is 1. The van der Waals surface area contributed by atoms with E-state index >= 15 is 0 Å². The molecule has 0 saturated heterocycles. The molecule has 1 heterocycles. The van der Waals surface area contributed by atoms with Crippen LogP contribution in [0, 0.1) is 11.3 Å².